The Morgan fingerprint density at radius 3 is 1.88 bits per heavy atom. The maximum absolute atomic E-state index is 14.1. The summed E-state index contributed by atoms with van der Waals surface area (Å²) in [6, 6.07) is 6.29. The van der Waals surface area contributed by atoms with Crippen molar-refractivity contribution in [1.29, 1.82) is 0 Å². The number of aliphatic carboxylic acids is 1. The van der Waals surface area contributed by atoms with Crippen LogP contribution in [-0.4, -0.2) is 164 Å². The average molecular weight is 1200 g/mol. The molecule has 31 heteroatoms. The molecule has 2 aromatic carbocycles. The molecule has 0 saturated carbocycles. The Kier molecular flexibility index (Phi) is 26.2. The number of nitrogens with two attached hydrogens (primary N) is 2. The van der Waals surface area contributed by atoms with Crippen LogP contribution in [0.3, 0.4) is 0 Å². The largest absolute Gasteiger partial charge is 0.490 e. The van der Waals surface area contributed by atoms with Gasteiger partial charge in [0.15, 0.2) is 0 Å². The standard InChI is InChI=1S/C51H68N14O11S.C2HF3O2/c1-27(2)43(51(76)56-25-42(68)60-39(22-31-24-54-26-57-31)50(75)63-37(20-29-10-6-5-7-11-29)49(74)61-34(44(53)69)18-19-77-4)65-45(70)28(3)58-48(73)38(21-30-23-55-33-13-9-8-12-32(30)33)64-47(72)36(14-16-40(52)66)62-46(71)35-15-17-41(67)59-35;3-2(4,5)1(6)7/h5-13,23-24,26-28,34-39,43,55H,14-22,25H2,1-4H3,(H2,52,66)(H2,53,69)(H,54,57)(H,56,76)(H,58,73)(H,59,67)(H,60,68)(H,61,74)(H,62,71)(H,63,75)(H,64,72)(H,65,70);(H,6,7)/t28-,34-,35-,36-,37-,38-,39-,43-;/m0./s1. The Balaban J connectivity index is 0.00000203. The third-order valence-electron chi connectivity index (χ3n) is 12.8. The number of carbonyl (C=O) groups excluding carboxylic acids is 11. The smallest absolute Gasteiger partial charge is 0.475 e. The van der Waals surface area contributed by atoms with Crippen molar-refractivity contribution in [3.8, 4) is 0 Å². The first-order valence-corrected chi connectivity index (χ1v) is 27.7. The van der Waals surface area contributed by atoms with E-state index >= 15 is 0 Å². The van der Waals surface area contributed by atoms with Gasteiger partial charge in [-0.2, -0.15) is 24.9 Å². The predicted molar refractivity (Wildman–Crippen MR) is 297 cm³/mol. The number of aromatic nitrogens is 3. The fourth-order valence-electron chi connectivity index (χ4n) is 8.31. The fourth-order valence-corrected chi connectivity index (χ4v) is 8.78. The number of hydrogen-bond acceptors (Lipinski definition) is 14. The zero-order valence-electron chi connectivity index (χ0n) is 46.2. The van der Waals surface area contributed by atoms with Crippen LogP contribution < -0.4 is 59.3 Å². The highest BCUT2D eigenvalue weighted by molar-refractivity contribution is 7.98. The molecule has 2 aromatic heterocycles. The lowest BCUT2D eigenvalue weighted by atomic mass is 10.0. The van der Waals surface area contributed by atoms with Crippen LogP contribution in [0.5, 0.6) is 0 Å². The molecule has 0 aliphatic carbocycles. The van der Waals surface area contributed by atoms with Crippen LogP contribution in [0, 0.1) is 5.92 Å². The molecule has 3 heterocycles. The van der Waals surface area contributed by atoms with Crippen LogP contribution in [0.25, 0.3) is 10.9 Å². The van der Waals surface area contributed by atoms with E-state index in [1.165, 1.54) is 31.2 Å². The lowest BCUT2D eigenvalue weighted by Gasteiger charge is -2.26. The summed E-state index contributed by atoms with van der Waals surface area (Å²) in [7, 11) is 0. The maximum atomic E-state index is 14.1. The number of amides is 11. The van der Waals surface area contributed by atoms with Crippen LogP contribution in [-0.2, 0) is 76.8 Å². The van der Waals surface area contributed by atoms with Crippen molar-refractivity contribution < 1.29 is 75.8 Å². The molecule has 1 aliphatic heterocycles. The molecule has 16 N–H and O–H groups in total. The summed E-state index contributed by atoms with van der Waals surface area (Å²) in [5.74, 6) is -10.8. The second-order valence-corrected chi connectivity index (χ2v) is 20.7. The number of carboxylic acid groups (broad SMARTS) is 1. The van der Waals surface area contributed by atoms with Gasteiger partial charge in [0.25, 0.3) is 0 Å². The Labute approximate surface area is 483 Å². The van der Waals surface area contributed by atoms with Crippen LogP contribution in [0.15, 0.2) is 73.3 Å². The van der Waals surface area contributed by atoms with Gasteiger partial charge in [-0.3, -0.25) is 52.7 Å². The number of benzene rings is 2. The minimum absolute atomic E-state index is 0.0189. The third-order valence-corrected chi connectivity index (χ3v) is 13.5. The molecular formula is C53H69F3N14O13S. The maximum Gasteiger partial charge on any atom is 0.490 e. The van der Waals surface area contributed by atoms with E-state index in [1.54, 1.807) is 62.5 Å². The van der Waals surface area contributed by atoms with Gasteiger partial charge in [0.2, 0.25) is 65.0 Å². The van der Waals surface area contributed by atoms with Gasteiger partial charge in [-0.05, 0) is 61.3 Å². The Hall–Kier alpha value is -9.03. The number of fused-ring (bicyclic) bond motifs is 1. The summed E-state index contributed by atoms with van der Waals surface area (Å²) in [6.07, 6.45) is 1.04. The van der Waals surface area contributed by atoms with Crippen molar-refractivity contribution in [3.63, 3.8) is 0 Å². The number of aromatic amines is 2. The van der Waals surface area contributed by atoms with Gasteiger partial charge in [0.05, 0.1) is 12.9 Å². The molecule has 1 aliphatic rings. The summed E-state index contributed by atoms with van der Waals surface area (Å²) in [6.45, 7) is 3.96. The molecule has 27 nitrogen and oxygen atoms in total. The normalized spacial score (nSPS) is 15.4. The first-order chi connectivity index (χ1) is 39.7. The number of primary amides is 2. The van der Waals surface area contributed by atoms with Crippen molar-refractivity contribution in [1.82, 2.24) is 62.8 Å². The molecule has 1 saturated heterocycles. The van der Waals surface area contributed by atoms with E-state index in [9.17, 15) is 65.9 Å². The minimum Gasteiger partial charge on any atom is -0.475 e. The van der Waals surface area contributed by atoms with Crippen molar-refractivity contribution in [2.45, 2.75) is 127 Å². The monoisotopic (exact) mass is 1200 g/mol. The number of para-hydroxylation sites is 1. The van der Waals surface area contributed by atoms with Crippen molar-refractivity contribution in [2.75, 3.05) is 18.6 Å². The van der Waals surface area contributed by atoms with Crippen LogP contribution in [0.1, 0.15) is 69.7 Å². The highest BCUT2D eigenvalue weighted by Gasteiger charge is 2.39. The third kappa shape index (κ3) is 22.0. The van der Waals surface area contributed by atoms with Gasteiger partial charge >= 0.3 is 12.1 Å². The van der Waals surface area contributed by atoms with Gasteiger partial charge in [-0.15, -0.1) is 0 Å². The number of carbonyl (C=O) groups is 12. The van der Waals surface area contributed by atoms with Crippen molar-refractivity contribution in [3.05, 3.63) is 90.1 Å². The summed E-state index contributed by atoms with van der Waals surface area (Å²) >= 11 is 1.46. The number of H-pyrrole nitrogens is 2. The van der Waals surface area contributed by atoms with E-state index in [1.807, 2.05) is 18.4 Å². The number of imidazole rings is 1. The van der Waals surface area contributed by atoms with Gasteiger partial charge in [-0.1, -0.05) is 62.4 Å². The average Bonchev–Trinajstić information content (AvgIpc) is 4.43. The second-order valence-electron chi connectivity index (χ2n) is 19.7. The summed E-state index contributed by atoms with van der Waals surface area (Å²) in [5.41, 5.74) is 13.5. The molecule has 0 spiro atoms. The molecule has 0 radical (unpaired) electrons. The summed E-state index contributed by atoms with van der Waals surface area (Å²) in [4.78, 5) is 165. The summed E-state index contributed by atoms with van der Waals surface area (Å²) in [5, 5.41) is 31.2. The van der Waals surface area contributed by atoms with Gasteiger partial charge in [0, 0.05) is 61.1 Å². The van der Waals surface area contributed by atoms with E-state index in [-0.39, 0.29) is 57.3 Å². The molecule has 1 fully saturated rings. The first-order valence-electron chi connectivity index (χ1n) is 26.3. The lowest BCUT2D eigenvalue weighted by Crippen LogP contribution is -2.59. The number of carboxylic acids is 1. The number of nitrogens with one attached hydrogen (secondary N) is 11. The van der Waals surface area contributed by atoms with Crippen molar-refractivity contribution >= 4 is 93.6 Å². The number of alkyl halides is 3. The highest BCUT2D eigenvalue weighted by Crippen LogP contribution is 2.20. The molecule has 11 amide bonds. The number of halogens is 3. The van der Waals surface area contributed by atoms with E-state index in [2.05, 4.69) is 62.8 Å². The van der Waals surface area contributed by atoms with Crippen LogP contribution in [0.2, 0.25) is 0 Å². The molecule has 8 atom stereocenters. The molecular weight excluding hydrogens is 1130 g/mol. The molecule has 5 rings (SSSR count). The minimum atomic E-state index is -5.08. The van der Waals surface area contributed by atoms with Gasteiger partial charge in [0.1, 0.15) is 48.3 Å². The molecule has 0 unspecified atom stereocenters. The highest BCUT2D eigenvalue weighted by atomic mass is 32.2. The van der Waals surface area contributed by atoms with E-state index < -0.39 is 132 Å². The number of nitrogens with zero attached hydrogens (tertiary/aromatic N) is 1. The SMILES string of the molecule is CSCC[C@H](NC(=O)[C@H](Cc1ccccc1)NC(=O)[C@H](Cc1cnc[nH]1)NC(=O)CNC(=O)[C@@H](NC(=O)[C@H](C)NC(=O)[C@H](Cc1c[nH]c2ccccc12)NC(=O)[C@H](CCC(N)=O)NC(=O)[C@@H]1CCC(=O)N1)C(C)C)C(N)=O.O=C(O)C(F)(F)F. The Morgan fingerprint density at radius 1 is 0.714 bits per heavy atom. The van der Waals surface area contributed by atoms with Crippen molar-refractivity contribution in [2.24, 2.45) is 17.4 Å². The quantitative estimate of drug-likeness (QED) is 0.0283. The molecule has 0 bridgehead atoms. The van der Waals surface area contributed by atoms with Crippen LogP contribution in [0.4, 0.5) is 13.2 Å². The second kappa shape index (κ2) is 32.6. The Morgan fingerprint density at radius 2 is 1.31 bits per heavy atom. The molecule has 84 heavy (non-hydrogen) atoms. The number of thioether (sulfide) groups is 1. The zero-order chi connectivity index (χ0) is 62.3. The number of hydrogen-bond donors (Lipinski definition) is 14. The lowest BCUT2D eigenvalue weighted by molar-refractivity contribution is -0.192. The first kappa shape index (κ1) is 67.5. The molecule has 456 valence electrons. The molecule has 4 aromatic rings. The zero-order valence-corrected chi connectivity index (χ0v) is 47.0. The Bertz CT molecular complexity index is 2970. The summed E-state index contributed by atoms with van der Waals surface area (Å²) < 4.78 is 31.7. The van der Waals surface area contributed by atoms with E-state index in [4.69, 9.17) is 21.4 Å². The predicted octanol–water partition coefficient (Wildman–Crippen LogP) is -1.48. The fraction of sp³-hybridized carbons (Fsp3) is 0.453. The van der Waals surface area contributed by atoms with Crippen LogP contribution >= 0.6 is 11.8 Å². The van der Waals surface area contributed by atoms with E-state index in [0.717, 1.165) is 10.9 Å². The van der Waals surface area contributed by atoms with E-state index in [0.29, 0.717) is 22.6 Å². The number of rotatable bonds is 30. The topological polar surface area (TPSA) is 430 Å². The van der Waals surface area contributed by atoms with Gasteiger partial charge in [-0.25, -0.2) is 9.78 Å². The van der Waals surface area contributed by atoms with Gasteiger partial charge < -0.3 is 74.4 Å².